The van der Waals surface area contributed by atoms with Gasteiger partial charge in [-0.3, -0.25) is 4.79 Å². The summed E-state index contributed by atoms with van der Waals surface area (Å²) in [5.74, 6) is -0.0463. The third-order valence-corrected chi connectivity index (χ3v) is 7.60. The van der Waals surface area contributed by atoms with Crippen molar-refractivity contribution in [3.63, 3.8) is 0 Å². The average molecular weight is 399 g/mol. The monoisotopic (exact) mass is 398 g/mol. The van der Waals surface area contributed by atoms with Gasteiger partial charge in [-0.2, -0.15) is 4.31 Å². The lowest BCUT2D eigenvalue weighted by Gasteiger charge is -2.23. The van der Waals surface area contributed by atoms with Crippen LogP contribution in [0.15, 0.2) is 53.4 Å². The van der Waals surface area contributed by atoms with Crippen molar-refractivity contribution in [2.75, 3.05) is 18.0 Å². The minimum atomic E-state index is -3.48. The molecule has 4 rings (SSSR count). The largest absolute Gasteiger partial charge is 0.305 e. The van der Waals surface area contributed by atoms with Gasteiger partial charge in [0.1, 0.15) is 0 Å². The van der Waals surface area contributed by atoms with E-state index in [-0.39, 0.29) is 11.9 Å². The molecule has 2 heterocycles. The van der Waals surface area contributed by atoms with Crippen molar-refractivity contribution < 1.29 is 13.2 Å². The summed E-state index contributed by atoms with van der Waals surface area (Å²) < 4.78 is 27.8. The Hall–Kier alpha value is -2.18. The maximum atomic E-state index is 13.1. The molecule has 148 valence electrons. The summed E-state index contributed by atoms with van der Waals surface area (Å²) in [6.45, 7) is 3.19. The van der Waals surface area contributed by atoms with E-state index in [0.717, 1.165) is 36.9 Å². The molecule has 2 aliphatic heterocycles. The molecule has 1 fully saturated rings. The summed E-state index contributed by atoms with van der Waals surface area (Å²) in [4.78, 5) is 15.1. The molecule has 1 saturated heterocycles. The van der Waals surface area contributed by atoms with Crippen LogP contribution in [0.25, 0.3) is 0 Å². The Bertz CT molecular complexity index is 965. The van der Waals surface area contributed by atoms with Gasteiger partial charge < -0.3 is 4.90 Å². The van der Waals surface area contributed by atoms with E-state index in [0.29, 0.717) is 30.0 Å². The first kappa shape index (κ1) is 19.2. The van der Waals surface area contributed by atoms with Gasteiger partial charge >= 0.3 is 0 Å². The number of benzene rings is 2. The lowest BCUT2D eigenvalue weighted by Crippen LogP contribution is -2.35. The van der Waals surface area contributed by atoms with Gasteiger partial charge in [-0.25, -0.2) is 8.42 Å². The predicted octanol–water partition coefficient (Wildman–Crippen LogP) is 3.84. The highest BCUT2D eigenvalue weighted by atomic mass is 32.2. The number of carbonyl (C=O) groups excluding carboxylic acids is 1. The van der Waals surface area contributed by atoms with Crippen molar-refractivity contribution in [2.45, 2.75) is 50.0 Å². The molecule has 0 saturated carbocycles. The summed E-state index contributed by atoms with van der Waals surface area (Å²) in [7, 11) is -3.48. The second-order valence-corrected chi connectivity index (χ2v) is 9.64. The molecular weight excluding hydrogens is 372 g/mol. The fraction of sp³-hybridized carbons (Fsp3) is 0.409. The molecular formula is C22H26N2O3S. The molecule has 0 bridgehead atoms. The quantitative estimate of drug-likeness (QED) is 0.789. The molecule has 0 aromatic heterocycles. The minimum absolute atomic E-state index is 0.00107. The Morgan fingerprint density at radius 3 is 2.32 bits per heavy atom. The Kier molecular flexibility index (Phi) is 5.25. The van der Waals surface area contributed by atoms with Gasteiger partial charge in [-0.1, -0.05) is 31.0 Å². The zero-order chi connectivity index (χ0) is 19.7. The number of amides is 1. The van der Waals surface area contributed by atoms with E-state index in [9.17, 15) is 13.2 Å². The fourth-order valence-corrected chi connectivity index (χ4v) is 5.80. The van der Waals surface area contributed by atoms with Crippen LogP contribution in [-0.4, -0.2) is 37.8 Å². The third-order valence-electron chi connectivity index (χ3n) is 5.71. The number of anilines is 1. The normalized spacial score (nSPS) is 20.6. The Labute approximate surface area is 167 Å². The highest BCUT2D eigenvalue weighted by Gasteiger charge is 2.33. The molecule has 0 unspecified atom stereocenters. The summed E-state index contributed by atoms with van der Waals surface area (Å²) in [5, 5.41) is 0. The van der Waals surface area contributed by atoms with Crippen LogP contribution in [0.5, 0.6) is 0 Å². The lowest BCUT2D eigenvalue weighted by molar-refractivity contribution is 0.0981. The molecule has 2 aromatic rings. The molecule has 2 aliphatic rings. The van der Waals surface area contributed by atoms with E-state index in [1.54, 1.807) is 27.4 Å². The first-order chi connectivity index (χ1) is 13.5. The van der Waals surface area contributed by atoms with E-state index in [1.165, 1.54) is 0 Å². The predicted molar refractivity (Wildman–Crippen MR) is 110 cm³/mol. The second kappa shape index (κ2) is 7.68. The van der Waals surface area contributed by atoms with Gasteiger partial charge in [0.2, 0.25) is 10.0 Å². The molecule has 5 nitrogen and oxygen atoms in total. The van der Waals surface area contributed by atoms with Crippen LogP contribution in [0.1, 0.15) is 48.5 Å². The average Bonchev–Trinajstić information content (AvgIpc) is 2.87. The van der Waals surface area contributed by atoms with Crippen LogP contribution in [-0.2, 0) is 16.4 Å². The molecule has 0 aliphatic carbocycles. The topological polar surface area (TPSA) is 57.7 Å². The van der Waals surface area contributed by atoms with Crippen molar-refractivity contribution in [1.82, 2.24) is 4.31 Å². The van der Waals surface area contributed by atoms with E-state index in [2.05, 4.69) is 0 Å². The van der Waals surface area contributed by atoms with Crippen molar-refractivity contribution in [3.8, 4) is 0 Å². The smallest absolute Gasteiger partial charge is 0.258 e. The van der Waals surface area contributed by atoms with E-state index >= 15 is 0 Å². The number of fused-ring (bicyclic) bond motifs is 1. The number of nitrogens with zero attached hydrogens (tertiary/aromatic N) is 2. The van der Waals surface area contributed by atoms with E-state index in [4.69, 9.17) is 0 Å². The lowest BCUT2D eigenvalue weighted by atomic mass is 10.1. The molecule has 2 aromatic carbocycles. The molecule has 0 radical (unpaired) electrons. The van der Waals surface area contributed by atoms with Crippen LogP contribution in [0.3, 0.4) is 0 Å². The molecule has 6 heteroatoms. The Morgan fingerprint density at radius 2 is 1.64 bits per heavy atom. The zero-order valence-corrected chi connectivity index (χ0v) is 17.0. The SMILES string of the molecule is C[C@@H]1Cc2cc(S(=O)(=O)N3CCCCCC3)ccc2N1C(=O)c1ccccc1. The molecule has 0 spiro atoms. The van der Waals surface area contributed by atoms with E-state index < -0.39 is 10.0 Å². The summed E-state index contributed by atoms with van der Waals surface area (Å²) in [6, 6.07) is 14.4. The number of carbonyl (C=O) groups is 1. The third kappa shape index (κ3) is 3.47. The van der Waals surface area contributed by atoms with Gasteiger partial charge in [0, 0.05) is 30.4 Å². The summed E-state index contributed by atoms with van der Waals surface area (Å²) in [5.41, 5.74) is 2.38. The van der Waals surface area contributed by atoms with Crippen LogP contribution >= 0.6 is 0 Å². The van der Waals surface area contributed by atoms with Crippen LogP contribution in [0, 0.1) is 0 Å². The maximum Gasteiger partial charge on any atom is 0.258 e. The molecule has 28 heavy (non-hydrogen) atoms. The summed E-state index contributed by atoms with van der Waals surface area (Å²) >= 11 is 0. The van der Waals surface area contributed by atoms with Gasteiger partial charge in [-0.15, -0.1) is 0 Å². The van der Waals surface area contributed by atoms with Gasteiger partial charge in [-0.05, 0) is 62.1 Å². The minimum Gasteiger partial charge on any atom is -0.305 e. The van der Waals surface area contributed by atoms with Gasteiger partial charge in [0.05, 0.1) is 4.90 Å². The van der Waals surface area contributed by atoms with Crippen molar-refractivity contribution in [2.24, 2.45) is 0 Å². The number of rotatable bonds is 3. The van der Waals surface area contributed by atoms with Crippen LogP contribution in [0.4, 0.5) is 5.69 Å². The van der Waals surface area contributed by atoms with E-state index in [1.807, 2.05) is 37.3 Å². The Morgan fingerprint density at radius 1 is 0.964 bits per heavy atom. The van der Waals surface area contributed by atoms with Gasteiger partial charge in [0.25, 0.3) is 5.91 Å². The fourth-order valence-electron chi connectivity index (χ4n) is 4.23. The second-order valence-electron chi connectivity index (χ2n) is 7.70. The van der Waals surface area contributed by atoms with Crippen LogP contribution < -0.4 is 4.90 Å². The van der Waals surface area contributed by atoms with Crippen LogP contribution in [0.2, 0.25) is 0 Å². The number of hydrogen-bond acceptors (Lipinski definition) is 3. The first-order valence-corrected chi connectivity index (χ1v) is 11.4. The Balaban J connectivity index is 1.64. The zero-order valence-electron chi connectivity index (χ0n) is 16.2. The standard InChI is InChI=1S/C22H26N2O3S/c1-17-15-19-16-20(28(26,27)23-13-7-2-3-8-14-23)11-12-21(19)24(17)22(25)18-9-5-4-6-10-18/h4-6,9-12,16-17H,2-3,7-8,13-15H2,1H3/t17-/m1/s1. The first-order valence-electron chi connectivity index (χ1n) is 10.00. The highest BCUT2D eigenvalue weighted by molar-refractivity contribution is 7.89. The molecule has 1 amide bonds. The number of sulfonamides is 1. The maximum absolute atomic E-state index is 13.1. The van der Waals surface area contributed by atoms with Crippen molar-refractivity contribution in [1.29, 1.82) is 0 Å². The highest BCUT2D eigenvalue weighted by Crippen LogP contribution is 2.35. The van der Waals surface area contributed by atoms with Crippen molar-refractivity contribution >= 4 is 21.6 Å². The van der Waals surface area contributed by atoms with Crippen molar-refractivity contribution in [3.05, 3.63) is 59.7 Å². The summed E-state index contributed by atoms with van der Waals surface area (Å²) in [6.07, 6.45) is 4.67. The van der Waals surface area contributed by atoms with Gasteiger partial charge in [0.15, 0.2) is 0 Å². The molecule has 1 atom stereocenters. The number of hydrogen-bond donors (Lipinski definition) is 0. The molecule has 0 N–H and O–H groups in total.